The Hall–Kier alpha value is -5.61. The van der Waals surface area contributed by atoms with Crippen molar-refractivity contribution >= 4 is 58.8 Å². The molecule has 0 N–H and O–H groups in total. The molecule has 0 spiro atoms. The van der Waals surface area contributed by atoms with Crippen molar-refractivity contribution in [2.75, 3.05) is 0 Å². The molecule has 0 aliphatic heterocycles. The Kier molecular flexibility index (Phi) is 10.3. The third kappa shape index (κ3) is 7.93. The molecule has 0 saturated carbocycles. The summed E-state index contributed by atoms with van der Waals surface area (Å²) < 4.78 is 0. The molecule has 0 atom stereocenters. The first-order valence-electron chi connectivity index (χ1n) is 16.9. The maximum absolute atomic E-state index is 4.87. The first-order valence-corrected chi connectivity index (χ1v) is 16.9. The van der Waals surface area contributed by atoms with Crippen LogP contribution in [0.4, 0.5) is 17.1 Å². The first-order chi connectivity index (χ1) is 23.8. The van der Waals surface area contributed by atoms with E-state index in [1.165, 1.54) is 49.8 Å². The summed E-state index contributed by atoms with van der Waals surface area (Å²) in [5.74, 6) is 0. The van der Waals surface area contributed by atoms with Gasteiger partial charge in [-0.1, -0.05) is 141 Å². The van der Waals surface area contributed by atoms with Crippen LogP contribution in [0, 0.1) is 41.5 Å². The topological polar surface area (TPSA) is 37.1 Å². The summed E-state index contributed by atoms with van der Waals surface area (Å²) in [7, 11) is 0. The Balaban J connectivity index is 1.47. The van der Waals surface area contributed by atoms with Crippen molar-refractivity contribution < 1.29 is 0 Å². The third-order valence-corrected chi connectivity index (χ3v) is 9.09. The van der Waals surface area contributed by atoms with Crippen LogP contribution in [-0.2, 0) is 0 Å². The van der Waals surface area contributed by atoms with Crippen molar-refractivity contribution in [2.24, 2.45) is 15.0 Å². The zero-order valence-electron chi connectivity index (χ0n) is 29.3. The predicted octanol–water partition coefficient (Wildman–Crippen LogP) is 9.31. The number of rotatable bonds is 9. The lowest BCUT2D eigenvalue weighted by atomic mass is 9.33. The number of aryl methyl sites for hydroxylation is 6. The van der Waals surface area contributed by atoms with Gasteiger partial charge in [0.2, 0.25) is 6.71 Å². The molecule has 0 unspecified atom stereocenters. The fourth-order valence-electron chi connectivity index (χ4n) is 6.94. The Morgan fingerprint density at radius 3 is 0.796 bits per heavy atom. The molecule has 0 radical (unpaired) electrons. The van der Waals surface area contributed by atoms with Gasteiger partial charge in [-0.2, -0.15) is 0 Å². The molecule has 49 heavy (non-hydrogen) atoms. The van der Waals surface area contributed by atoms with Gasteiger partial charge in [0, 0.05) is 18.6 Å². The highest BCUT2D eigenvalue weighted by Crippen LogP contribution is 2.23. The molecular formula is C45H42BN3. The van der Waals surface area contributed by atoms with Crippen molar-refractivity contribution in [3.63, 3.8) is 0 Å². The monoisotopic (exact) mass is 635 g/mol. The van der Waals surface area contributed by atoms with Crippen LogP contribution in [-0.4, -0.2) is 25.4 Å². The van der Waals surface area contributed by atoms with E-state index in [4.69, 9.17) is 15.0 Å². The van der Waals surface area contributed by atoms with Gasteiger partial charge in [-0.05, 0) is 94.6 Å². The maximum Gasteiger partial charge on any atom is 0.243 e. The van der Waals surface area contributed by atoms with E-state index >= 15 is 0 Å². The van der Waals surface area contributed by atoms with Crippen molar-refractivity contribution in [3.05, 3.63) is 177 Å². The number of hydrogen-bond donors (Lipinski definition) is 0. The summed E-state index contributed by atoms with van der Waals surface area (Å²) in [6, 6.07) is 44.1. The molecule has 0 bridgehead atoms. The minimum Gasteiger partial charge on any atom is -0.256 e. The van der Waals surface area contributed by atoms with Gasteiger partial charge in [0.25, 0.3) is 0 Å². The van der Waals surface area contributed by atoms with E-state index in [0.717, 1.165) is 33.8 Å². The van der Waals surface area contributed by atoms with E-state index in [1.54, 1.807) is 0 Å². The highest BCUT2D eigenvalue weighted by molar-refractivity contribution is 6.97. The second-order valence-corrected chi connectivity index (χ2v) is 12.9. The van der Waals surface area contributed by atoms with Crippen molar-refractivity contribution in [3.8, 4) is 0 Å². The lowest BCUT2D eigenvalue weighted by molar-refractivity contribution is 1.36. The van der Waals surface area contributed by atoms with Gasteiger partial charge >= 0.3 is 0 Å². The average Bonchev–Trinajstić information content (AvgIpc) is 3.09. The zero-order valence-corrected chi connectivity index (χ0v) is 29.3. The summed E-state index contributed by atoms with van der Waals surface area (Å²) >= 11 is 0. The fraction of sp³-hybridized carbons (Fsp3) is 0.133. The van der Waals surface area contributed by atoms with Gasteiger partial charge in [0.1, 0.15) is 0 Å². The minimum absolute atomic E-state index is 0.0199. The summed E-state index contributed by atoms with van der Waals surface area (Å²) in [5, 5.41) is 0. The van der Waals surface area contributed by atoms with Crippen LogP contribution in [0.5, 0.6) is 0 Å². The van der Waals surface area contributed by atoms with Gasteiger partial charge in [-0.3, -0.25) is 15.0 Å². The van der Waals surface area contributed by atoms with E-state index in [2.05, 4.69) is 114 Å². The molecule has 3 nitrogen and oxygen atoms in total. The molecule has 4 heteroatoms. The predicted molar refractivity (Wildman–Crippen MR) is 213 cm³/mol. The van der Waals surface area contributed by atoms with Gasteiger partial charge in [-0.25, -0.2) is 0 Å². The van der Waals surface area contributed by atoms with Gasteiger partial charge in [0.15, 0.2) is 0 Å². The molecule has 0 fully saturated rings. The van der Waals surface area contributed by atoms with Crippen LogP contribution in [0.25, 0.3) is 0 Å². The third-order valence-electron chi connectivity index (χ3n) is 9.09. The number of benzene rings is 6. The Morgan fingerprint density at radius 2 is 0.571 bits per heavy atom. The Labute approximate surface area is 292 Å². The Bertz CT molecular complexity index is 1850. The summed E-state index contributed by atoms with van der Waals surface area (Å²) in [6.45, 7) is 13.4. The zero-order chi connectivity index (χ0) is 34.3. The molecule has 6 aromatic rings. The average molecular weight is 636 g/mol. The van der Waals surface area contributed by atoms with Gasteiger partial charge in [-0.15, -0.1) is 0 Å². The van der Waals surface area contributed by atoms with Crippen LogP contribution in [0.3, 0.4) is 0 Å². The molecule has 0 amide bonds. The van der Waals surface area contributed by atoms with E-state index in [9.17, 15) is 0 Å². The van der Waals surface area contributed by atoms with Crippen molar-refractivity contribution in [1.82, 2.24) is 0 Å². The standard InChI is InChI=1S/C45H42BN3/c1-31-22-40(47-28-37-16-10-7-11-17-37)23-32(2)43(31)46(44-33(3)24-41(25-34(44)4)48-29-38-18-12-8-13-19-38)45-35(5)26-42(27-36(45)6)49-30-39-20-14-9-15-21-39/h7-30H,1-6H3. The number of nitrogens with zero attached hydrogens (tertiary/aromatic N) is 3. The summed E-state index contributed by atoms with van der Waals surface area (Å²) in [5.41, 5.74) is 17.4. The minimum atomic E-state index is 0.0199. The van der Waals surface area contributed by atoms with Crippen LogP contribution in [0.15, 0.2) is 142 Å². The molecule has 6 aromatic carbocycles. The molecule has 240 valence electrons. The van der Waals surface area contributed by atoms with E-state index in [0.29, 0.717) is 0 Å². The SMILES string of the molecule is Cc1cc(N=Cc2ccccc2)cc(C)c1B(c1c(C)cc(N=Cc2ccccc2)cc1C)c1c(C)cc(N=Cc2ccccc2)cc1C. The Morgan fingerprint density at radius 1 is 0.347 bits per heavy atom. The van der Waals surface area contributed by atoms with Crippen LogP contribution < -0.4 is 16.4 Å². The van der Waals surface area contributed by atoms with Crippen LogP contribution in [0.1, 0.15) is 50.1 Å². The van der Waals surface area contributed by atoms with E-state index in [1.807, 2.05) is 73.2 Å². The smallest absolute Gasteiger partial charge is 0.243 e. The van der Waals surface area contributed by atoms with Crippen molar-refractivity contribution in [2.45, 2.75) is 41.5 Å². The number of aliphatic imine (C=N–C) groups is 3. The molecule has 0 aliphatic rings. The second kappa shape index (κ2) is 15.1. The van der Waals surface area contributed by atoms with Crippen LogP contribution in [0.2, 0.25) is 0 Å². The van der Waals surface area contributed by atoms with Gasteiger partial charge < -0.3 is 0 Å². The lowest BCUT2D eigenvalue weighted by Gasteiger charge is -2.27. The van der Waals surface area contributed by atoms with E-state index < -0.39 is 0 Å². The fourth-order valence-corrected chi connectivity index (χ4v) is 6.94. The van der Waals surface area contributed by atoms with Gasteiger partial charge in [0.05, 0.1) is 17.1 Å². The molecule has 0 saturated heterocycles. The summed E-state index contributed by atoms with van der Waals surface area (Å²) in [4.78, 5) is 14.6. The number of hydrogen-bond acceptors (Lipinski definition) is 3. The lowest BCUT2D eigenvalue weighted by Crippen LogP contribution is -2.57. The molecule has 0 aliphatic carbocycles. The maximum atomic E-state index is 4.87. The normalized spacial score (nSPS) is 11.6. The molecule has 0 aromatic heterocycles. The van der Waals surface area contributed by atoms with Crippen LogP contribution >= 0.6 is 0 Å². The molecule has 0 heterocycles. The highest BCUT2D eigenvalue weighted by Gasteiger charge is 2.31. The highest BCUT2D eigenvalue weighted by atomic mass is 14.7. The second-order valence-electron chi connectivity index (χ2n) is 12.9. The largest absolute Gasteiger partial charge is 0.256 e. The van der Waals surface area contributed by atoms with E-state index in [-0.39, 0.29) is 6.71 Å². The molecular weight excluding hydrogens is 593 g/mol. The first kappa shape index (κ1) is 33.3. The molecule has 6 rings (SSSR count). The van der Waals surface area contributed by atoms with Crippen molar-refractivity contribution in [1.29, 1.82) is 0 Å². The summed E-state index contributed by atoms with van der Waals surface area (Å²) in [6.07, 6.45) is 5.83. The quantitative estimate of drug-likeness (QED) is 0.112.